The van der Waals surface area contributed by atoms with Gasteiger partial charge in [-0.2, -0.15) is 0 Å². The van der Waals surface area contributed by atoms with Crippen molar-refractivity contribution in [3.63, 3.8) is 0 Å². The van der Waals surface area contributed by atoms with Crippen molar-refractivity contribution in [1.82, 2.24) is 9.80 Å². The molecule has 0 radical (unpaired) electrons. The minimum atomic E-state index is 0.589. The van der Waals surface area contributed by atoms with Crippen molar-refractivity contribution in [2.45, 2.75) is 25.9 Å². The number of halogens is 1. The van der Waals surface area contributed by atoms with Crippen molar-refractivity contribution < 1.29 is 4.74 Å². The topological polar surface area (TPSA) is 15.7 Å². The lowest BCUT2D eigenvalue weighted by molar-refractivity contribution is 0.194. The number of methoxy groups -OCH3 is 1. The van der Waals surface area contributed by atoms with Crippen LogP contribution in [-0.4, -0.2) is 49.6 Å². The summed E-state index contributed by atoms with van der Waals surface area (Å²) in [7, 11) is 3.93. The van der Waals surface area contributed by atoms with Gasteiger partial charge in [0.2, 0.25) is 0 Å². The third kappa shape index (κ3) is 3.94. The van der Waals surface area contributed by atoms with Crippen LogP contribution in [-0.2, 0) is 6.54 Å². The summed E-state index contributed by atoms with van der Waals surface area (Å²) in [4.78, 5) is 4.98. The van der Waals surface area contributed by atoms with Gasteiger partial charge in [0.1, 0.15) is 5.75 Å². The van der Waals surface area contributed by atoms with Gasteiger partial charge in [0.05, 0.1) is 7.11 Å². The molecule has 1 fully saturated rings. The molecule has 0 spiro atoms. The Bertz CT molecular complexity index is 425. The fourth-order valence-corrected chi connectivity index (χ4v) is 3.05. The molecule has 2 rings (SSSR count). The molecule has 0 aromatic heterocycles. The summed E-state index contributed by atoms with van der Waals surface area (Å²) in [6.45, 7) is 6.79. The normalized spacial score (nSPS) is 22.2. The van der Waals surface area contributed by atoms with Crippen LogP contribution in [0.15, 0.2) is 22.7 Å². The molecule has 1 aliphatic heterocycles. The molecule has 4 heteroatoms. The third-order valence-electron chi connectivity index (χ3n) is 3.81. The zero-order valence-corrected chi connectivity index (χ0v) is 13.6. The van der Waals surface area contributed by atoms with Gasteiger partial charge in [0.15, 0.2) is 0 Å². The molecule has 1 unspecified atom stereocenters. The van der Waals surface area contributed by atoms with Crippen LogP contribution in [0.3, 0.4) is 0 Å². The number of ether oxygens (including phenoxy) is 1. The van der Waals surface area contributed by atoms with Crippen LogP contribution in [0.2, 0.25) is 0 Å². The van der Waals surface area contributed by atoms with Gasteiger partial charge in [-0.25, -0.2) is 0 Å². The number of hydrogen-bond acceptors (Lipinski definition) is 3. The second-order valence-electron chi connectivity index (χ2n) is 5.39. The Morgan fingerprint density at radius 2 is 2.16 bits per heavy atom. The van der Waals surface area contributed by atoms with Gasteiger partial charge in [0.25, 0.3) is 0 Å². The Hall–Kier alpha value is -0.580. The zero-order chi connectivity index (χ0) is 13.8. The van der Waals surface area contributed by atoms with Crippen LogP contribution in [0.5, 0.6) is 5.75 Å². The summed E-state index contributed by atoms with van der Waals surface area (Å²) in [5.41, 5.74) is 1.30. The van der Waals surface area contributed by atoms with Gasteiger partial charge < -0.3 is 9.64 Å². The highest BCUT2D eigenvalue weighted by Crippen LogP contribution is 2.25. The predicted octanol–water partition coefficient (Wildman–Crippen LogP) is 2.98. The van der Waals surface area contributed by atoms with Crippen LogP contribution in [0.1, 0.15) is 18.9 Å². The maximum Gasteiger partial charge on any atom is 0.119 e. The summed E-state index contributed by atoms with van der Waals surface area (Å²) >= 11 is 3.65. The van der Waals surface area contributed by atoms with Gasteiger partial charge in [-0.1, -0.05) is 15.9 Å². The first kappa shape index (κ1) is 14.8. The van der Waals surface area contributed by atoms with E-state index in [0.29, 0.717) is 6.04 Å². The van der Waals surface area contributed by atoms with Crippen LogP contribution in [0, 0.1) is 0 Å². The Morgan fingerprint density at radius 1 is 1.37 bits per heavy atom. The summed E-state index contributed by atoms with van der Waals surface area (Å²) in [5, 5.41) is 0. The molecular weight excluding hydrogens is 304 g/mol. The van der Waals surface area contributed by atoms with E-state index in [-0.39, 0.29) is 0 Å². The summed E-state index contributed by atoms with van der Waals surface area (Å²) in [5.74, 6) is 0.929. The Balaban J connectivity index is 2.11. The third-order valence-corrected chi connectivity index (χ3v) is 4.58. The molecule has 1 aromatic carbocycles. The molecular formula is C15H23BrN2O. The lowest BCUT2D eigenvalue weighted by Crippen LogP contribution is -2.37. The summed E-state index contributed by atoms with van der Waals surface area (Å²) in [6, 6.07) is 6.78. The van der Waals surface area contributed by atoms with E-state index in [1.165, 1.54) is 18.5 Å². The summed E-state index contributed by atoms with van der Waals surface area (Å²) in [6.07, 6.45) is 1.24. The Labute approximate surface area is 124 Å². The van der Waals surface area contributed by atoms with Crippen molar-refractivity contribution in [2.24, 2.45) is 0 Å². The van der Waals surface area contributed by atoms with Crippen LogP contribution < -0.4 is 4.74 Å². The molecule has 0 amide bonds. The second-order valence-corrected chi connectivity index (χ2v) is 6.25. The zero-order valence-electron chi connectivity index (χ0n) is 12.0. The largest absolute Gasteiger partial charge is 0.497 e. The lowest BCUT2D eigenvalue weighted by atomic mass is 10.1. The molecule has 0 saturated carbocycles. The second kappa shape index (κ2) is 6.73. The van der Waals surface area contributed by atoms with Crippen LogP contribution in [0.25, 0.3) is 0 Å². The Kier molecular flexibility index (Phi) is 5.25. The van der Waals surface area contributed by atoms with E-state index in [2.05, 4.69) is 51.8 Å². The first-order valence-corrected chi connectivity index (χ1v) is 7.64. The van der Waals surface area contributed by atoms with Crippen molar-refractivity contribution in [2.75, 3.05) is 33.8 Å². The van der Waals surface area contributed by atoms with Gasteiger partial charge in [0, 0.05) is 30.1 Å². The highest BCUT2D eigenvalue weighted by Gasteiger charge is 2.20. The van der Waals surface area contributed by atoms with E-state index in [1.807, 2.05) is 6.07 Å². The minimum absolute atomic E-state index is 0.589. The Morgan fingerprint density at radius 3 is 2.89 bits per heavy atom. The average Bonchev–Trinajstić information content (AvgIpc) is 2.54. The van der Waals surface area contributed by atoms with E-state index >= 15 is 0 Å². The first-order valence-electron chi connectivity index (χ1n) is 6.85. The molecule has 0 aliphatic carbocycles. The molecule has 0 N–H and O–H groups in total. The highest BCUT2D eigenvalue weighted by molar-refractivity contribution is 9.10. The average molecular weight is 327 g/mol. The molecule has 19 heavy (non-hydrogen) atoms. The summed E-state index contributed by atoms with van der Waals surface area (Å²) < 4.78 is 6.48. The molecule has 1 atom stereocenters. The lowest BCUT2D eigenvalue weighted by Gasteiger charge is -2.28. The van der Waals surface area contributed by atoms with Crippen LogP contribution >= 0.6 is 15.9 Å². The molecule has 0 bridgehead atoms. The monoisotopic (exact) mass is 326 g/mol. The van der Waals surface area contributed by atoms with Crippen LogP contribution in [0.4, 0.5) is 0 Å². The maximum absolute atomic E-state index is 5.32. The SMILES string of the molecule is COc1ccc(Br)c(CN2CCCN(C)CC2C)c1. The number of likely N-dealkylation sites (N-methyl/N-ethyl adjacent to an activating group) is 1. The van der Waals surface area contributed by atoms with Gasteiger partial charge in [-0.05, 0) is 50.7 Å². The van der Waals surface area contributed by atoms with E-state index in [1.54, 1.807) is 7.11 Å². The van der Waals surface area contributed by atoms with Crippen molar-refractivity contribution >= 4 is 15.9 Å². The molecule has 3 nitrogen and oxygen atoms in total. The molecule has 1 aromatic rings. The van der Waals surface area contributed by atoms with E-state index in [9.17, 15) is 0 Å². The molecule has 1 saturated heterocycles. The van der Waals surface area contributed by atoms with Gasteiger partial charge >= 0.3 is 0 Å². The van der Waals surface area contributed by atoms with Crippen molar-refractivity contribution in [3.05, 3.63) is 28.2 Å². The fraction of sp³-hybridized carbons (Fsp3) is 0.600. The van der Waals surface area contributed by atoms with Crippen molar-refractivity contribution in [3.8, 4) is 5.75 Å². The number of benzene rings is 1. The standard InChI is InChI=1S/C15H23BrN2O/c1-12-10-17(2)7-4-8-18(12)11-13-9-14(19-3)5-6-15(13)16/h5-6,9,12H,4,7-8,10-11H2,1-3H3. The number of rotatable bonds is 3. The number of nitrogens with zero attached hydrogens (tertiary/aromatic N) is 2. The maximum atomic E-state index is 5.32. The smallest absolute Gasteiger partial charge is 0.119 e. The fourth-order valence-electron chi connectivity index (χ4n) is 2.67. The van der Waals surface area contributed by atoms with E-state index in [4.69, 9.17) is 4.74 Å². The van der Waals surface area contributed by atoms with Gasteiger partial charge in [-0.3, -0.25) is 4.90 Å². The molecule has 1 heterocycles. The minimum Gasteiger partial charge on any atom is -0.497 e. The molecule has 1 aliphatic rings. The molecule has 106 valence electrons. The first-order chi connectivity index (χ1) is 9.10. The van der Waals surface area contributed by atoms with E-state index < -0.39 is 0 Å². The quantitative estimate of drug-likeness (QED) is 0.849. The number of hydrogen-bond donors (Lipinski definition) is 0. The van der Waals surface area contributed by atoms with Crippen molar-refractivity contribution in [1.29, 1.82) is 0 Å². The predicted molar refractivity (Wildman–Crippen MR) is 82.7 cm³/mol. The van der Waals surface area contributed by atoms with E-state index in [0.717, 1.165) is 29.9 Å². The van der Waals surface area contributed by atoms with Gasteiger partial charge in [-0.15, -0.1) is 0 Å². The highest BCUT2D eigenvalue weighted by atomic mass is 79.9.